The lowest BCUT2D eigenvalue weighted by molar-refractivity contribution is 0.000737. The van der Waals surface area contributed by atoms with Crippen LogP contribution in [0.5, 0.6) is 0 Å². The number of rotatable bonds is 6. The molecule has 108 valence electrons. The largest absolute Gasteiger partial charge is 0.377 e. The molecule has 1 aliphatic heterocycles. The Morgan fingerprint density at radius 2 is 1.44 bits per heavy atom. The number of likely N-dealkylation sites (tertiary alicyclic amines) is 1. The lowest BCUT2D eigenvalue weighted by Crippen LogP contribution is -2.46. The average Bonchev–Trinajstić information content (AvgIpc) is 2.28. The predicted molar refractivity (Wildman–Crippen MR) is 78.9 cm³/mol. The fourth-order valence-corrected chi connectivity index (χ4v) is 3.43. The Bertz CT molecular complexity index is 217. The van der Waals surface area contributed by atoms with Crippen molar-refractivity contribution in [3.63, 3.8) is 0 Å². The van der Waals surface area contributed by atoms with E-state index in [-0.39, 0.29) is 0 Å². The minimum Gasteiger partial charge on any atom is -0.377 e. The van der Waals surface area contributed by atoms with E-state index in [0.29, 0.717) is 11.5 Å². The van der Waals surface area contributed by atoms with Crippen LogP contribution in [0.4, 0.5) is 0 Å². The molecule has 0 unspecified atom stereocenters. The van der Waals surface area contributed by atoms with Gasteiger partial charge in [0, 0.05) is 6.54 Å². The van der Waals surface area contributed by atoms with E-state index >= 15 is 0 Å². The summed E-state index contributed by atoms with van der Waals surface area (Å²) in [5.74, 6) is 1.60. The first-order valence-corrected chi connectivity index (χ1v) is 7.72. The van der Waals surface area contributed by atoms with Gasteiger partial charge in [-0.1, -0.05) is 27.7 Å². The monoisotopic (exact) mass is 255 g/mol. The summed E-state index contributed by atoms with van der Waals surface area (Å²) in [7, 11) is 0. The number of ether oxygens (including phenoxy) is 1. The highest BCUT2D eigenvalue weighted by molar-refractivity contribution is 4.90. The van der Waals surface area contributed by atoms with E-state index in [9.17, 15) is 0 Å². The van der Waals surface area contributed by atoms with Crippen LogP contribution in [0, 0.1) is 17.3 Å². The van der Waals surface area contributed by atoms with Gasteiger partial charge in [0.15, 0.2) is 0 Å². The molecule has 0 spiro atoms. The second-order valence-electron chi connectivity index (χ2n) is 6.80. The molecule has 2 heteroatoms. The van der Waals surface area contributed by atoms with Gasteiger partial charge < -0.3 is 9.64 Å². The van der Waals surface area contributed by atoms with Crippen molar-refractivity contribution in [1.29, 1.82) is 0 Å². The highest BCUT2D eigenvalue weighted by Gasteiger charge is 2.39. The maximum absolute atomic E-state index is 5.65. The van der Waals surface area contributed by atoms with Crippen molar-refractivity contribution in [2.24, 2.45) is 17.3 Å². The van der Waals surface area contributed by atoms with Gasteiger partial charge in [0.2, 0.25) is 0 Å². The fraction of sp³-hybridized carbons (Fsp3) is 1.00. The maximum Gasteiger partial charge on any atom is 0.0596 e. The van der Waals surface area contributed by atoms with Crippen LogP contribution in [0.15, 0.2) is 0 Å². The molecule has 0 aromatic rings. The summed E-state index contributed by atoms with van der Waals surface area (Å²) >= 11 is 0. The van der Waals surface area contributed by atoms with Crippen LogP contribution in [0.1, 0.15) is 54.4 Å². The maximum atomic E-state index is 5.65. The number of hydrogen-bond donors (Lipinski definition) is 0. The van der Waals surface area contributed by atoms with Crippen molar-refractivity contribution in [2.45, 2.75) is 60.5 Å². The van der Waals surface area contributed by atoms with E-state index in [1.54, 1.807) is 0 Å². The summed E-state index contributed by atoms with van der Waals surface area (Å²) in [6, 6.07) is 0. The SMILES string of the molecule is CC(C)OCCN1CCC(C(C)C)(C(C)C)CC1. The van der Waals surface area contributed by atoms with E-state index in [0.717, 1.165) is 25.0 Å². The number of hydrogen-bond acceptors (Lipinski definition) is 2. The highest BCUT2D eigenvalue weighted by Crippen LogP contribution is 2.44. The van der Waals surface area contributed by atoms with Gasteiger partial charge in [-0.3, -0.25) is 0 Å². The average molecular weight is 255 g/mol. The molecule has 0 N–H and O–H groups in total. The Kier molecular flexibility index (Phi) is 6.13. The van der Waals surface area contributed by atoms with Gasteiger partial charge in [0.05, 0.1) is 12.7 Å². The Hall–Kier alpha value is -0.0800. The summed E-state index contributed by atoms with van der Waals surface area (Å²) < 4.78 is 5.65. The van der Waals surface area contributed by atoms with Crippen molar-refractivity contribution < 1.29 is 4.74 Å². The zero-order valence-corrected chi connectivity index (χ0v) is 13.3. The number of nitrogens with zero attached hydrogens (tertiary/aromatic N) is 1. The fourth-order valence-electron chi connectivity index (χ4n) is 3.43. The second kappa shape index (κ2) is 6.91. The van der Waals surface area contributed by atoms with Crippen molar-refractivity contribution >= 4 is 0 Å². The molecule has 0 aliphatic carbocycles. The Morgan fingerprint density at radius 1 is 0.944 bits per heavy atom. The molecule has 0 aromatic carbocycles. The molecule has 2 nitrogen and oxygen atoms in total. The van der Waals surface area contributed by atoms with Crippen molar-refractivity contribution in [3.05, 3.63) is 0 Å². The lowest BCUT2D eigenvalue weighted by atomic mass is 9.63. The van der Waals surface area contributed by atoms with Crippen LogP contribution in [0.25, 0.3) is 0 Å². The minimum atomic E-state index is 0.361. The third-order valence-corrected chi connectivity index (χ3v) is 4.95. The van der Waals surface area contributed by atoms with Crippen molar-refractivity contribution in [1.82, 2.24) is 4.90 Å². The molecule has 1 aliphatic rings. The molecular weight excluding hydrogens is 222 g/mol. The first kappa shape index (κ1) is 16.0. The quantitative estimate of drug-likeness (QED) is 0.715. The topological polar surface area (TPSA) is 12.5 Å². The highest BCUT2D eigenvalue weighted by atomic mass is 16.5. The Morgan fingerprint density at radius 3 is 1.83 bits per heavy atom. The summed E-state index contributed by atoms with van der Waals surface area (Å²) in [6.45, 7) is 18.3. The van der Waals surface area contributed by atoms with Gasteiger partial charge in [-0.2, -0.15) is 0 Å². The molecule has 0 aromatic heterocycles. The molecule has 1 rings (SSSR count). The molecule has 1 heterocycles. The smallest absolute Gasteiger partial charge is 0.0596 e. The molecule has 0 atom stereocenters. The van der Waals surface area contributed by atoms with Crippen LogP contribution in [0.2, 0.25) is 0 Å². The normalized spacial score (nSPS) is 21.2. The van der Waals surface area contributed by atoms with E-state index in [4.69, 9.17) is 4.74 Å². The zero-order chi connectivity index (χ0) is 13.8. The van der Waals surface area contributed by atoms with Crippen LogP contribution in [-0.2, 0) is 4.74 Å². The van der Waals surface area contributed by atoms with Gasteiger partial charge in [-0.25, -0.2) is 0 Å². The van der Waals surface area contributed by atoms with Crippen molar-refractivity contribution in [2.75, 3.05) is 26.2 Å². The van der Waals surface area contributed by atoms with Crippen LogP contribution in [-0.4, -0.2) is 37.2 Å². The number of piperidine rings is 1. The summed E-state index contributed by atoms with van der Waals surface area (Å²) in [5.41, 5.74) is 0.565. The third-order valence-electron chi connectivity index (χ3n) is 4.95. The van der Waals surface area contributed by atoms with Crippen molar-refractivity contribution in [3.8, 4) is 0 Å². The Balaban J connectivity index is 2.39. The molecule has 1 saturated heterocycles. The molecule has 0 bridgehead atoms. The van der Waals surface area contributed by atoms with E-state index < -0.39 is 0 Å². The van der Waals surface area contributed by atoms with Gasteiger partial charge in [-0.15, -0.1) is 0 Å². The summed E-state index contributed by atoms with van der Waals surface area (Å²) in [5, 5.41) is 0. The van der Waals surface area contributed by atoms with Crippen LogP contribution >= 0.6 is 0 Å². The second-order valence-corrected chi connectivity index (χ2v) is 6.80. The lowest BCUT2D eigenvalue weighted by Gasteiger charge is -2.47. The molecule has 0 radical (unpaired) electrons. The zero-order valence-electron chi connectivity index (χ0n) is 13.3. The van der Waals surface area contributed by atoms with Crippen LogP contribution < -0.4 is 0 Å². The molecular formula is C16H33NO. The molecule has 1 fully saturated rings. The standard InChI is InChI=1S/C16H33NO/c1-13(2)16(14(3)4)7-9-17(10-8-16)11-12-18-15(5)6/h13-15H,7-12H2,1-6H3. The first-order valence-electron chi connectivity index (χ1n) is 7.72. The van der Waals surface area contributed by atoms with E-state index in [1.807, 2.05) is 0 Å². The Labute approximate surface area is 114 Å². The van der Waals surface area contributed by atoms with E-state index in [1.165, 1.54) is 25.9 Å². The molecule has 0 amide bonds. The summed E-state index contributed by atoms with van der Waals surface area (Å²) in [4.78, 5) is 2.57. The van der Waals surface area contributed by atoms with E-state index in [2.05, 4.69) is 46.4 Å². The predicted octanol–water partition coefficient (Wildman–Crippen LogP) is 3.81. The molecule has 0 saturated carbocycles. The van der Waals surface area contributed by atoms with Gasteiger partial charge in [0.25, 0.3) is 0 Å². The third kappa shape index (κ3) is 3.96. The molecule has 18 heavy (non-hydrogen) atoms. The van der Waals surface area contributed by atoms with Gasteiger partial charge in [0.1, 0.15) is 0 Å². The van der Waals surface area contributed by atoms with Crippen LogP contribution in [0.3, 0.4) is 0 Å². The first-order chi connectivity index (χ1) is 8.38. The minimum absolute atomic E-state index is 0.361. The summed E-state index contributed by atoms with van der Waals surface area (Å²) in [6.07, 6.45) is 3.06. The van der Waals surface area contributed by atoms with Gasteiger partial charge in [-0.05, 0) is 57.0 Å². The van der Waals surface area contributed by atoms with Gasteiger partial charge >= 0.3 is 0 Å².